The van der Waals surface area contributed by atoms with Crippen molar-refractivity contribution >= 4 is 16.1 Å². The molecule has 0 atom stereocenters. The lowest BCUT2D eigenvalue weighted by atomic mass is 10.4. The first-order chi connectivity index (χ1) is 7.97. The van der Waals surface area contributed by atoms with Crippen molar-refractivity contribution in [2.24, 2.45) is 0 Å². The van der Waals surface area contributed by atoms with E-state index in [0.717, 1.165) is 0 Å². The van der Waals surface area contributed by atoms with Gasteiger partial charge in [0.1, 0.15) is 12.4 Å². The Hall–Kier alpha value is -1.48. The van der Waals surface area contributed by atoms with E-state index in [4.69, 9.17) is 4.55 Å². The van der Waals surface area contributed by atoms with Gasteiger partial charge in [0.2, 0.25) is 0 Å². The maximum atomic E-state index is 12.7. The molecule has 0 fully saturated rings. The average Bonchev–Trinajstić information content (AvgIpc) is 2.21. The smallest absolute Gasteiger partial charge is 0.402 e. The third kappa shape index (κ3) is 5.23. The highest BCUT2D eigenvalue weighted by atomic mass is 32.2. The van der Waals surface area contributed by atoms with Crippen molar-refractivity contribution in [3.8, 4) is 0 Å². The van der Waals surface area contributed by atoms with E-state index in [1.807, 2.05) is 0 Å². The maximum absolute atomic E-state index is 12.7. The Morgan fingerprint density at radius 1 is 1.33 bits per heavy atom. The van der Waals surface area contributed by atoms with Gasteiger partial charge in [0.15, 0.2) is 6.61 Å². The van der Waals surface area contributed by atoms with Crippen LogP contribution in [0.4, 0.5) is 8.78 Å². The predicted molar refractivity (Wildman–Crippen MR) is 57.4 cm³/mol. The zero-order valence-corrected chi connectivity index (χ0v) is 10.3. The molecule has 6 nitrogen and oxygen atoms in total. The first kappa shape index (κ1) is 16.5. The standard InChI is InChI=1S/C9H12F2O6S/c1-6(2)8(12)16-4-7(3)17-5-9(10,11)18(13,14)15/h1,3-5H2,2H3,(H,13,14,15). The van der Waals surface area contributed by atoms with E-state index >= 15 is 0 Å². The molecule has 0 aliphatic rings. The second-order valence-corrected chi connectivity index (χ2v) is 4.84. The first-order valence-corrected chi connectivity index (χ1v) is 5.89. The molecule has 18 heavy (non-hydrogen) atoms. The Morgan fingerprint density at radius 2 is 1.83 bits per heavy atom. The van der Waals surface area contributed by atoms with Gasteiger partial charge in [0.05, 0.1) is 0 Å². The van der Waals surface area contributed by atoms with Crippen LogP contribution in [0.3, 0.4) is 0 Å². The van der Waals surface area contributed by atoms with Gasteiger partial charge in [-0.15, -0.1) is 0 Å². The minimum Gasteiger partial charge on any atom is -0.487 e. The Balaban J connectivity index is 4.21. The Bertz CT molecular complexity index is 454. The molecule has 0 saturated heterocycles. The van der Waals surface area contributed by atoms with E-state index < -0.39 is 40.3 Å². The molecular weight excluding hydrogens is 274 g/mol. The normalized spacial score (nSPS) is 11.8. The van der Waals surface area contributed by atoms with Gasteiger partial charge >= 0.3 is 21.3 Å². The van der Waals surface area contributed by atoms with Gasteiger partial charge < -0.3 is 9.47 Å². The molecule has 0 amide bonds. The van der Waals surface area contributed by atoms with Crippen LogP contribution in [0.5, 0.6) is 0 Å². The van der Waals surface area contributed by atoms with Crippen LogP contribution < -0.4 is 0 Å². The van der Waals surface area contributed by atoms with E-state index in [1.165, 1.54) is 6.92 Å². The summed E-state index contributed by atoms with van der Waals surface area (Å²) in [5.41, 5.74) is 0.0889. The highest BCUT2D eigenvalue weighted by Crippen LogP contribution is 2.21. The molecule has 0 radical (unpaired) electrons. The second-order valence-electron chi connectivity index (χ2n) is 3.30. The Kier molecular flexibility index (Phi) is 5.43. The molecule has 0 aromatic carbocycles. The number of carbonyl (C=O) groups is 1. The summed E-state index contributed by atoms with van der Waals surface area (Å²) in [6.07, 6.45) is 0. The molecule has 1 N–H and O–H groups in total. The van der Waals surface area contributed by atoms with Crippen LogP contribution in [-0.4, -0.2) is 37.4 Å². The van der Waals surface area contributed by atoms with Crippen LogP contribution in [0.1, 0.15) is 6.92 Å². The molecule has 0 bridgehead atoms. The van der Waals surface area contributed by atoms with Gasteiger partial charge in [-0.1, -0.05) is 13.2 Å². The molecule has 0 heterocycles. The van der Waals surface area contributed by atoms with E-state index in [-0.39, 0.29) is 5.57 Å². The van der Waals surface area contributed by atoms with Gasteiger partial charge in [-0.25, -0.2) is 4.79 Å². The number of rotatable bonds is 7. The molecule has 0 aliphatic heterocycles. The lowest BCUT2D eigenvalue weighted by molar-refractivity contribution is -0.139. The maximum Gasteiger partial charge on any atom is 0.402 e. The molecule has 0 rings (SSSR count). The highest BCUT2D eigenvalue weighted by molar-refractivity contribution is 7.86. The zero-order chi connectivity index (χ0) is 14.6. The number of carbonyl (C=O) groups excluding carboxylic acids is 1. The number of hydrogen-bond donors (Lipinski definition) is 1. The minimum atomic E-state index is -5.56. The summed E-state index contributed by atoms with van der Waals surface area (Å²) in [6, 6.07) is 0. The van der Waals surface area contributed by atoms with Crippen molar-refractivity contribution in [2.75, 3.05) is 13.2 Å². The van der Waals surface area contributed by atoms with Gasteiger partial charge in [-0.2, -0.15) is 17.2 Å². The van der Waals surface area contributed by atoms with Gasteiger partial charge in [-0.3, -0.25) is 4.55 Å². The summed E-state index contributed by atoms with van der Waals surface area (Å²) < 4.78 is 62.8. The monoisotopic (exact) mass is 286 g/mol. The molecule has 0 saturated carbocycles. The fraction of sp³-hybridized carbons (Fsp3) is 0.444. The van der Waals surface area contributed by atoms with Crippen LogP contribution in [0.25, 0.3) is 0 Å². The topological polar surface area (TPSA) is 89.9 Å². The minimum absolute atomic E-state index is 0.0889. The number of alkyl halides is 2. The van der Waals surface area contributed by atoms with Crippen molar-refractivity contribution in [1.29, 1.82) is 0 Å². The third-order valence-electron chi connectivity index (χ3n) is 1.53. The fourth-order valence-electron chi connectivity index (χ4n) is 0.571. The van der Waals surface area contributed by atoms with E-state index in [9.17, 15) is 22.0 Å². The van der Waals surface area contributed by atoms with Crippen LogP contribution >= 0.6 is 0 Å². The van der Waals surface area contributed by atoms with Gasteiger partial charge in [-0.05, 0) is 6.92 Å². The van der Waals surface area contributed by atoms with Gasteiger partial charge in [0, 0.05) is 5.57 Å². The molecule has 0 spiro atoms. The lowest BCUT2D eigenvalue weighted by Gasteiger charge is -2.15. The Labute approximate surface area is 103 Å². The molecule has 0 aliphatic carbocycles. The zero-order valence-electron chi connectivity index (χ0n) is 9.48. The largest absolute Gasteiger partial charge is 0.487 e. The van der Waals surface area contributed by atoms with E-state index in [1.54, 1.807) is 0 Å². The van der Waals surface area contributed by atoms with Crippen molar-refractivity contribution in [2.45, 2.75) is 12.2 Å². The summed E-state index contributed by atoms with van der Waals surface area (Å²) in [4.78, 5) is 10.9. The average molecular weight is 286 g/mol. The van der Waals surface area contributed by atoms with E-state index in [0.29, 0.717) is 0 Å². The molecule has 0 aromatic rings. The lowest BCUT2D eigenvalue weighted by Crippen LogP contribution is -2.33. The molecule has 9 heteroatoms. The van der Waals surface area contributed by atoms with Crippen LogP contribution in [-0.2, 0) is 24.4 Å². The molecular formula is C9H12F2O6S. The number of esters is 1. The summed E-state index contributed by atoms with van der Waals surface area (Å²) >= 11 is 0. The highest BCUT2D eigenvalue weighted by Gasteiger charge is 2.45. The van der Waals surface area contributed by atoms with Crippen molar-refractivity contribution in [3.05, 3.63) is 24.5 Å². The quantitative estimate of drug-likeness (QED) is 0.326. The number of ether oxygens (including phenoxy) is 2. The van der Waals surface area contributed by atoms with Crippen LogP contribution in [0.15, 0.2) is 24.5 Å². The third-order valence-corrected chi connectivity index (χ3v) is 2.41. The number of hydrogen-bond acceptors (Lipinski definition) is 5. The summed E-state index contributed by atoms with van der Waals surface area (Å²) in [5, 5.41) is -4.46. The SMILES string of the molecule is C=C(COC(=O)C(=C)C)OCC(F)(F)S(=O)(=O)O. The van der Waals surface area contributed by atoms with Crippen LogP contribution in [0.2, 0.25) is 0 Å². The van der Waals surface area contributed by atoms with Crippen molar-refractivity contribution in [3.63, 3.8) is 0 Å². The van der Waals surface area contributed by atoms with Gasteiger partial charge in [0.25, 0.3) is 0 Å². The molecule has 104 valence electrons. The van der Waals surface area contributed by atoms with Crippen molar-refractivity contribution in [1.82, 2.24) is 0 Å². The summed E-state index contributed by atoms with van der Waals surface area (Å²) in [6.45, 7) is 5.61. The first-order valence-electron chi connectivity index (χ1n) is 4.45. The number of halogens is 2. The fourth-order valence-corrected chi connectivity index (χ4v) is 0.779. The van der Waals surface area contributed by atoms with Crippen LogP contribution in [0, 0.1) is 0 Å². The van der Waals surface area contributed by atoms with E-state index in [2.05, 4.69) is 22.6 Å². The second kappa shape index (κ2) is 5.91. The van der Waals surface area contributed by atoms with Crippen molar-refractivity contribution < 1.29 is 36.0 Å². The molecule has 0 unspecified atom stereocenters. The summed E-state index contributed by atoms with van der Waals surface area (Å²) in [5.74, 6) is -1.17. The molecule has 0 aromatic heterocycles. The summed E-state index contributed by atoms with van der Waals surface area (Å²) in [7, 11) is -5.56. The Morgan fingerprint density at radius 3 is 2.22 bits per heavy atom. The predicted octanol–water partition coefficient (Wildman–Crippen LogP) is 1.12.